The summed E-state index contributed by atoms with van der Waals surface area (Å²) >= 11 is 0. The van der Waals surface area contributed by atoms with Crippen molar-refractivity contribution in [2.24, 2.45) is 0 Å². The Bertz CT molecular complexity index is 466. The molecule has 2 nitrogen and oxygen atoms in total. The van der Waals surface area contributed by atoms with E-state index in [0.29, 0.717) is 0 Å². The van der Waals surface area contributed by atoms with E-state index in [1.807, 2.05) is 24.3 Å². The van der Waals surface area contributed by atoms with Crippen LogP contribution in [0.15, 0.2) is 42.5 Å². The quantitative estimate of drug-likeness (QED) is 0.624. The van der Waals surface area contributed by atoms with Gasteiger partial charge < -0.3 is 9.90 Å². The zero-order chi connectivity index (χ0) is 9.26. The Balaban J connectivity index is 0.000000980. The summed E-state index contributed by atoms with van der Waals surface area (Å²) in [6, 6.07) is 12.6. The maximum atomic E-state index is 10.5. The van der Waals surface area contributed by atoms with Crippen molar-refractivity contribution in [3.05, 3.63) is 48.0 Å². The van der Waals surface area contributed by atoms with Crippen molar-refractivity contribution in [1.82, 2.24) is 0 Å². The number of carboxylic acid groups (broad SMARTS) is 1. The molecule has 0 aliphatic carbocycles. The average Bonchev–Trinajstić information content (AvgIpc) is 2.17. The van der Waals surface area contributed by atoms with E-state index < -0.39 is 5.97 Å². The predicted molar refractivity (Wildman–Crippen MR) is 48.3 cm³/mol. The molecule has 0 fully saturated rings. The Hall–Kier alpha value is 0.222. The van der Waals surface area contributed by atoms with E-state index in [1.54, 1.807) is 18.2 Å². The Kier molecular flexibility index (Phi) is 4.69. The summed E-state index contributed by atoms with van der Waals surface area (Å²) in [6.07, 6.45) is 0. The summed E-state index contributed by atoms with van der Waals surface area (Å²) in [5.41, 5.74) is 0.221. The van der Waals surface area contributed by atoms with E-state index in [9.17, 15) is 9.90 Å². The second-order valence-electron chi connectivity index (χ2n) is 2.85. The van der Waals surface area contributed by atoms with E-state index >= 15 is 0 Å². The molecule has 0 aromatic heterocycles. The molecule has 0 radical (unpaired) electrons. The fourth-order valence-corrected chi connectivity index (χ4v) is 1.32. The Morgan fingerprint density at radius 2 is 1.64 bits per heavy atom. The first-order valence-corrected chi connectivity index (χ1v) is 3.97. The summed E-state index contributed by atoms with van der Waals surface area (Å²) in [5.74, 6) is -1.13. The van der Waals surface area contributed by atoms with E-state index in [4.69, 9.17) is 0 Å². The standard InChI is InChI=1S/C11H8O2.Cs/c12-11(13)10-6-5-8-3-1-2-4-9(8)7-10;/h1-7H,(H,12,13);/q;+1/p-1. The second-order valence-corrected chi connectivity index (χ2v) is 2.85. The van der Waals surface area contributed by atoms with Gasteiger partial charge in [0.15, 0.2) is 0 Å². The monoisotopic (exact) mass is 304 g/mol. The topological polar surface area (TPSA) is 40.1 Å². The number of aromatic carboxylic acids is 1. The molecular weight excluding hydrogens is 297 g/mol. The van der Waals surface area contributed by atoms with Gasteiger partial charge in [0.1, 0.15) is 0 Å². The van der Waals surface area contributed by atoms with E-state index in [1.165, 1.54) is 0 Å². The van der Waals surface area contributed by atoms with E-state index in [0.717, 1.165) is 10.8 Å². The third-order valence-corrected chi connectivity index (χ3v) is 1.99. The molecule has 0 aliphatic rings. The molecule has 3 heteroatoms. The molecule has 0 saturated carbocycles. The zero-order valence-corrected chi connectivity index (χ0v) is 14.1. The van der Waals surface area contributed by atoms with Crippen molar-refractivity contribution in [3.8, 4) is 0 Å². The van der Waals surface area contributed by atoms with Crippen LogP contribution >= 0.6 is 0 Å². The van der Waals surface area contributed by atoms with Crippen LogP contribution < -0.4 is 74.0 Å². The minimum Gasteiger partial charge on any atom is -0.545 e. The SMILES string of the molecule is O=C([O-])c1ccc2ccccc2c1.[Cs+]. The van der Waals surface area contributed by atoms with Gasteiger partial charge in [0.2, 0.25) is 0 Å². The van der Waals surface area contributed by atoms with Gasteiger partial charge in [-0.25, -0.2) is 0 Å². The second kappa shape index (κ2) is 5.35. The van der Waals surface area contributed by atoms with Gasteiger partial charge in [-0.15, -0.1) is 0 Å². The van der Waals surface area contributed by atoms with Crippen LogP contribution in [0.1, 0.15) is 10.4 Å². The van der Waals surface area contributed by atoms with E-state index in [2.05, 4.69) is 0 Å². The van der Waals surface area contributed by atoms with Crippen LogP contribution in [-0.2, 0) is 0 Å². The maximum absolute atomic E-state index is 10.5. The molecule has 0 spiro atoms. The number of carbonyl (C=O) groups excluding carboxylic acids is 1. The first kappa shape index (κ1) is 12.3. The molecule has 0 unspecified atom stereocenters. The van der Waals surface area contributed by atoms with Crippen LogP contribution in [0.4, 0.5) is 0 Å². The predicted octanol–water partition coefficient (Wildman–Crippen LogP) is -1.79. The normalized spacial score (nSPS) is 9.43. The number of fused-ring (bicyclic) bond motifs is 1. The van der Waals surface area contributed by atoms with Gasteiger partial charge in [0.05, 0.1) is 5.97 Å². The van der Waals surface area contributed by atoms with E-state index in [-0.39, 0.29) is 74.5 Å². The van der Waals surface area contributed by atoms with Gasteiger partial charge in [-0.1, -0.05) is 36.4 Å². The Morgan fingerprint density at radius 1 is 1.00 bits per heavy atom. The van der Waals surface area contributed by atoms with Crippen molar-refractivity contribution in [2.75, 3.05) is 0 Å². The third-order valence-electron chi connectivity index (χ3n) is 1.99. The Morgan fingerprint density at radius 3 is 2.29 bits per heavy atom. The number of benzene rings is 2. The van der Waals surface area contributed by atoms with Crippen molar-refractivity contribution in [3.63, 3.8) is 0 Å². The van der Waals surface area contributed by atoms with Crippen LogP contribution in [0, 0.1) is 0 Å². The summed E-state index contributed by atoms with van der Waals surface area (Å²) in [7, 11) is 0. The van der Waals surface area contributed by atoms with Crippen molar-refractivity contribution >= 4 is 16.7 Å². The van der Waals surface area contributed by atoms with Gasteiger partial charge >= 0.3 is 68.9 Å². The van der Waals surface area contributed by atoms with Gasteiger partial charge in [0.25, 0.3) is 0 Å². The van der Waals surface area contributed by atoms with Crippen molar-refractivity contribution < 1.29 is 78.8 Å². The minimum absolute atomic E-state index is 0. The summed E-state index contributed by atoms with van der Waals surface area (Å²) in [5, 5.41) is 12.5. The molecule has 0 heterocycles. The Labute approximate surface area is 141 Å². The fraction of sp³-hybridized carbons (Fsp3) is 0. The first-order chi connectivity index (χ1) is 6.27. The summed E-state index contributed by atoms with van der Waals surface area (Å²) in [4.78, 5) is 10.5. The number of rotatable bonds is 1. The van der Waals surface area contributed by atoms with Crippen LogP contribution in [0.5, 0.6) is 0 Å². The van der Waals surface area contributed by atoms with Crippen molar-refractivity contribution in [2.45, 2.75) is 0 Å². The first-order valence-electron chi connectivity index (χ1n) is 3.97. The maximum Gasteiger partial charge on any atom is 1.00 e. The summed E-state index contributed by atoms with van der Waals surface area (Å²) < 4.78 is 0. The smallest absolute Gasteiger partial charge is 0.545 e. The van der Waals surface area contributed by atoms with Crippen LogP contribution in [0.3, 0.4) is 0 Å². The van der Waals surface area contributed by atoms with Gasteiger partial charge in [-0.3, -0.25) is 0 Å². The fourth-order valence-electron chi connectivity index (χ4n) is 1.32. The van der Waals surface area contributed by atoms with Crippen LogP contribution in [-0.4, -0.2) is 5.97 Å². The number of hydrogen-bond acceptors (Lipinski definition) is 2. The largest absolute Gasteiger partial charge is 1.00 e. The van der Waals surface area contributed by atoms with Crippen LogP contribution in [0.25, 0.3) is 10.8 Å². The van der Waals surface area contributed by atoms with Gasteiger partial charge in [-0.2, -0.15) is 0 Å². The van der Waals surface area contributed by atoms with Gasteiger partial charge in [-0.05, 0) is 22.4 Å². The molecule has 0 bridgehead atoms. The number of carbonyl (C=O) groups is 1. The van der Waals surface area contributed by atoms with Crippen molar-refractivity contribution in [1.29, 1.82) is 0 Å². The molecule has 14 heavy (non-hydrogen) atoms. The molecule has 0 amide bonds. The summed E-state index contributed by atoms with van der Waals surface area (Å²) in [6.45, 7) is 0. The molecule has 2 aromatic carbocycles. The molecule has 2 rings (SSSR count). The molecule has 0 atom stereocenters. The molecule has 2 aromatic rings. The number of carboxylic acids is 1. The van der Waals surface area contributed by atoms with Gasteiger partial charge in [0, 0.05) is 0 Å². The number of hydrogen-bond donors (Lipinski definition) is 0. The minimum atomic E-state index is -1.13. The molecule has 64 valence electrons. The average molecular weight is 304 g/mol. The molecular formula is C11H7CsO2. The zero-order valence-electron chi connectivity index (χ0n) is 7.86. The van der Waals surface area contributed by atoms with Crippen LogP contribution in [0.2, 0.25) is 0 Å². The third kappa shape index (κ3) is 2.62. The molecule has 0 saturated heterocycles. The molecule has 0 aliphatic heterocycles. The molecule has 0 N–H and O–H groups in total.